The van der Waals surface area contributed by atoms with E-state index in [2.05, 4.69) is 19.2 Å². The van der Waals surface area contributed by atoms with Crippen molar-refractivity contribution in [3.05, 3.63) is 0 Å². The number of nitrogens with one attached hydrogen (secondary N) is 1. The van der Waals surface area contributed by atoms with E-state index < -0.39 is 0 Å². The van der Waals surface area contributed by atoms with Crippen LogP contribution in [0.15, 0.2) is 0 Å². The molecule has 3 nitrogen and oxygen atoms in total. The van der Waals surface area contributed by atoms with E-state index in [0.717, 1.165) is 25.5 Å². The molecule has 0 saturated heterocycles. The van der Waals surface area contributed by atoms with E-state index in [1.54, 1.807) is 7.11 Å². The van der Waals surface area contributed by atoms with Crippen molar-refractivity contribution in [1.29, 1.82) is 0 Å². The average molecular weight is 256 g/mol. The van der Waals surface area contributed by atoms with Crippen molar-refractivity contribution < 1.29 is 4.74 Å². The molecule has 18 heavy (non-hydrogen) atoms. The van der Waals surface area contributed by atoms with Gasteiger partial charge >= 0.3 is 0 Å². The minimum Gasteiger partial charge on any atom is -0.385 e. The first kappa shape index (κ1) is 15.9. The molecule has 3 N–H and O–H groups in total. The average Bonchev–Trinajstić information content (AvgIpc) is 3.06. The second kappa shape index (κ2) is 8.13. The highest BCUT2D eigenvalue weighted by Crippen LogP contribution is 2.48. The van der Waals surface area contributed by atoms with Gasteiger partial charge in [0, 0.05) is 26.3 Å². The van der Waals surface area contributed by atoms with E-state index in [1.165, 1.54) is 38.6 Å². The number of ether oxygens (including phenoxy) is 1. The molecule has 0 radical (unpaired) electrons. The minimum atomic E-state index is 0.355. The number of rotatable bonds is 11. The Kier molecular flexibility index (Phi) is 7.20. The molecule has 0 aliphatic heterocycles. The third-order valence-corrected chi connectivity index (χ3v) is 4.14. The van der Waals surface area contributed by atoms with E-state index in [0.29, 0.717) is 11.5 Å². The van der Waals surface area contributed by atoms with Crippen LogP contribution < -0.4 is 11.1 Å². The lowest BCUT2D eigenvalue weighted by Gasteiger charge is -2.18. The molecule has 0 aromatic heterocycles. The summed E-state index contributed by atoms with van der Waals surface area (Å²) in [5.41, 5.74) is 6.33. The molecule has 1 aliphatic carbocycles. The summed E-state index contributed by atoms with van der Waals surface area (Å²) in [4.78, 5) is 0. The summed E-state index contributed by atoms with van der Waals surface area (Å²) >= 11 is 0. The topological polar surface area (TPSA) is 47.3 Å². The summed E-state index contributed by atoms with van der Waals surface area (Å²) in [6.07, 6.45) is 7.68. The van der Waals surface area contributed by atoms with Crippen LogP contribution in [0.3, 0.4) is 0 Å². The first-order valence-electron chi connectivity index (χ1n) is 7.53. The molecular formula is C15H32N2O. The van der Waals surface area contributed by atoms with Crippen molar-refractivity contribution in [3.63, 3.8) is 0 Å². The Balaban J connectivity index is 1.99. The van der Waals surface area contributed by atoms with Crippen LogP contribution >= 0.6 is 0 Å². The van der Waals surface area contributed by atoms with Gasteiger partial charge in [0.1, 0.15) is 0 Å². The van der Waals surface area contributed by atoms with Crippen molar-refractivity contribution in [2.45, 2.75) is 58.4 Å². The van der Waals surface area contributed by atoms with Crippen LogP contribution in [0.2, 0.25) is 0 Å². The highest BCUT2D eigenvalue weighted by atomic mass is 16.5. The van der Waals surface area contributed by atoms with Gasteiger partial charge < -0.3 is 15.8 Å². The maximum absolute atomic E-state index is 5.76. The smallest absolute Gasteiger partial charge is 0.0468 e. The monoisotopic (exact) mass is 256 g/mol. The van der Waals surface area contributed by atoms with Gasteiger partial charge in [0.05, 0.1) is 0 Å². The Labute approximate surface area is 113 Å². The first-order valence-corrected chi connectivity index (χ1v) is 7.53. The van der Waals surface area contributed by atoms with Crippen molar-refractivity contribution >= 4 is 0 Å². The molecule has 1 rings (SSSR count). The zero-order valence-corrected chi connectivity index (χ0v) is 12.5. The predicted molar refractivity (Wildman–Crippen MR) is 77.7 cm³/mol. The first-order chi connectivity index (χ1) is 8.58. The molecule has 2 atom stereocenters. The molecular weight excluding hydrogens is 224 g/mol. The van der Waals surface area contributed by atoms with Gasteiger partial charge in [-0.3, -0.25) is 0 Å². The zero-order chi connectivity index (χ0) is 13.4. The quantitative estimate of drug-likeness (QED) is 0.597. The standard InChI is InChI=1S/C15H32N2O/c1-13(5-4-6-14(2)16)11-17-12-15(7-8-15)9-10-18-3/h13-14,17H,4-12,16H2,1-3H3. The fourth-order valence-electron chi connectivity index (χ4n) is 2.48. The van der Waals surface area contributed by atoms with E-state index in [9.17, 15) is 0 Å². The fourth-order valence-corrected chi connectivity index (χ4v) is 2.48. The highest BCUT2D eigenvalue weighted by molar-refractivity contribution is 4.94. The lowest BCUT2D eigenvalue weighted by molar-refractivity contribution is 0.171. The van der Waals surface area contributed by atoms with Gasteiger partial charge in [-0.1, -0.05) is 13.3 Å². The second-order valence-electron chi connectivity index (χ2n) is 6.39. The van der Waals surface area contributed by atoms with Gasteiger partial charge in [-0.05, 0) is 56.9 Å². The van der Waals surface area contributed by atoms with Crippen LogP contribution in [-0.4, -0.2) is 32.8 Å². The highest BCUT2D eigenvalue weighted by Gasteiger charge is 2.41. The number of methoxy groups -OCH3 is 1. The molecule has 1 aliphatic rings. The number of hydrogen-bond acceptors (Lipinski definition) is 3. The normalized spacial score (nSPS) is 20.7. The molecule has 0 aromatic rings. The summed E-state index contributed by atoms with van der Waals surface area (Å²) in [5, 5.41) is 3.65. The van der Waals surface area contributed by atoms with Crippen molar-refractivity contribution in [1.82, 2.24) is 5.32 Å². The summed E-state index contributed by atoms with van der Waals surface area (Å²) in [5.74, 6) is 0.766. The van der Waals surface area contributed by atoms with Crippen molar-refractivity contribution in [2.24, 2.45) is 17.1 Å². The van der Waals surface area contributed by atoms with Crippen LogP contribution in [0, 0.1) is 11.3 Å². The van der Waals surface area contributed by atoms with Gasteiger partial charge in [0.25, 0.3) is 0 Å². The van der Waals surface area contributed by atoms with E-state index in [1.807, 2.05) is 0 Å². The molecule has 0 bridgehead atoms. The van der Waals surface area contributed by atoms with Crippen LogP contribution in [-0.2, 0) is 4.74 Å². The van der Waals surface area contributed by atoms with Gasteiger partial charge in [-0.25, -0.2) is 0 Å². The SMILES string of the molecule is COCCC1(CNCC(C)CCCC(C)N)CC1. The fraction of sp³-hybridized carbons (Fsp3) is 1.00. The Hall–Kier alpha value is -0.120. The van der Waals surface area contributed by atoms with E-state index >= 15 is 0 Å². The summed E-state index contributed by atoms with van der Waals surface area (Å²) in [6, 6.07) is 0.355. The Morgan fingerprint density at radius 1 is 1.28 bits per heavy atom. The lowest BCUT2D eigenvalue weighted by atomic mass is 10.0. The molecule has 2 unspecified atom stereocenters. The molecule has 0 spiro atoms. The van der Waals surface area contributed by atoms with Gasteiger partial charge in [-0.15, -0.1) is 0 Å². The summed E-state index contributed by atoms with van der Waals surface area (Å²) < 4.78 is 5.18. The molecule has 0 aromatic carbocycles. The van der Waals surface area contributed by atoms with E-state index in [-0.39, 0.29) is 0 Å². The van der Waals surface area contributed by atoms with Gasteiger partial charge in [-0.2, -0.15) is 0 Å². The van der Waals surface area contributed by atoms with Crippen molar-refractivity contribution in [2.75, 3.05) is 26.8 Å². The Morgan fingerprint density at radius 2 is 2.00 bits per heavy atom. The maximum atomic E-state index is 5.76. The second-order valence-corrected chi connectivity index (χ2v) is 6.39. The molecule has 108 valence electrons. The van der Waals surface area contributed by atoms with E-state index in [4.69, 9.17) is 10.5 Å². The third kappa shape index (κ3) is 6.72. The maximum Gasteiger partial charge on any atom is 0.0468 e. The summed E-state index contributed by atoms with van der Waals surface area (Å²) in [7, 11) is 1.80. The van der Waals surface area contributed by atoms with Crippen LogP contribution in [0.25, 0.3) is 0 Å². The van der Waals surface area contributed by atoms with Crippen LogP contribution in [0.5, 0.6) is 0 Å². The van der Waals surface area contributed by atoms with Crippen LogP contribution in [0.1, 0.15) is 52.4 Å². The molecule has 0 heterocycles. The number of nitrogens with two attached hydrogens (primary N) is 1. The summed E-state index contributed by atoms with van der Waals surface area (Å²) in [6.45, 7) is 7.66. The van der Waals surface area contributed by atoms with Gasteiger partial charge in [0.15, 0.2) is 0 Å². The molecule has 3 heteroatoms. The molecule has 0 amide bonds. The van der Waals surface area contributed by atoms with Crippen LogP contribution in [0.4, 0.5) is 0 Å². The van der Waals surface area contributed by atoms with Gasteiger partial charge in [0.2, 0.25) is 0 Å². The predicted octanol–water partition coefficient (Wildman–Crippen LogP) is 2.55. The lowest BCUT2D eigenvalue weighted by Crippen LogP contribution is -2.29. The Bertz CT molecular complexity index is 215. The minimum absolute atomic E-state index is 0.355. The number of hydrogen-bond donors (Lipinski definition) is 2. The molecule has 1 saturated carbocycles. The Morgan fingerprint density at radius 3 is 2.56 bits per heavy atom. The zero-order valence-electron chi connectivity index (χ0n) is 12.5. The third-order valence-electron chi connectivity index (χ3n) is 4.14. The molecule has 1 fully saturated rings. The largest absolute Gasteiger partial charge is 0.385 e. The van der Waals surface area contributed by atoms with Crippen molar-refractivity contribution in [3.8, 4) is 0 Å².